The Morgan fingerprint density at radius 2 is 2.05 bits per heavy atom. The first-order chi connectivity index (χ1) is 10.0. The second kappa shape index (κ2) is 4.68. The van der Waals surface area contributed by atoms with E-state index < -0.39 is 9.84 Å². The molecule has 0 aliphatic carbocycles. The standard InChI is InChI=1S/C14H10N4O2S/c1-9-3-2-4-10(7-9)21(19,20)14-12(8-15)17-11-5-6-16-13(11)18-14/h2-7H,1H3,(H,16,18). The third-order valence-corrected chi connectivity index (χ3v) is 4.68. The monoisotopic (exact) mass is 298 g/mol. The third-order valence-electron chi connectivity index (χ3n) is 3.01. The normalized spacial score (nSPS) is 11.4. The molecule has 0 fully saturated rings. The smallest absolute Gasteiger partial charge is 0.226 e. The molecule has 0 saturated heterocycles. The van der Waals surface area contributed by atoms with Gasteiger partial charge in [-0.25, -0.2) is 18.4 Å². The number of rotatable bonds is 2. The van der Waals surface area contributed by atoms with Crippen molar-refractivity contribution in [2.75, 3.05) is 0 Å². The lowest BCUT2D eigenvalue weighted by Crippen LogP contribution is -2.09. The summed E-state index contributed by atoms with van der Waals surface area (Å²) in [4.78, 5) is 11.0. The molecule has 0 atom stereocenters. The molecule has 3 aromatic rings. The average Bonchev–Trinajstić information content (AvgIpc) is 2.93. The molecular formula is C14H10N4O2S. The van der Waals surface area contributed by atoms with Gasteiger partial charge in [-0.2, -0.15) is 5.26 Å². The lowest BCUT2D eigenvalue weighted by molar-refractivity contribution is 0.591. The lowest BCUT2D eigenvalue weighted by Gasteiger charge is -2.06. The molecule has 0 aliphatic heterocycles. The molecule has 104 valence electrons. The van der Waals surface area contributed by atoms with E-state index in [1.54, 1.807) is 37.4 Å². The molecule has 0 radical (unpaired) electrons. The molecule has 1 N–H and O–H groups in total. The maximum absolute atomic E-state index is 12.7. The average molecular weight is 298 g/mol. The molecule has 0 spiro atoms. The highest BCUT2D eigenvalue weighted by atomic mass is 32.2. The van der Waals surface area contributed by atoms with Crippen LogP contribution in [-0.4, -0.2) is 23.4 Å². The van der Waals surface area contributed by atoms with Crippen LogP contribution in [0.4, 0.5) is 0 Å². The largest absolute Gasteiger partial charge is 0.345 e. The lowest BCUT2D eigenvalue weighted by atomic mass is 10.2. The van der Waals surface area contributed by atoms with Crippen molar-refractivity contribution >= 4 is 21.0 Å². The Morgan fingerprint density at radius 1 is 1.24 bits per heavy atom. The first-order valence-electron chi connectivity index (χ1n) is 6.09. The summed E-state index contributed by atoms with van der Waals surface area (Å²) in [6, 6.07) is 9.89. The molecule has 2 aromatic heterocycles. The molecule has 0 bridgehead atoms. The highest BCUT2D eigenvalue weighted by Crippen LogP contribution is 2.23. The minimum Gasteiger partial charge on any atom is -0.345 e. The van der Waals surface area contributed by atoms with Gasteiger partial charge in [-0.3, -0.25) is 0 Å². The first-order valence-corrected chi connectivity index (χ1v) is 7.57. The number of aromatic amines is 1. The Morgan fingerprint density at radius 3 is 2.76 bits per heavy atom. The van der Waals surface area contributed by atoms with Crippen molar-refractivity contribution in [3.05, 3.63) is 47.8 Å². The SMILES string of the molecule is Cc1cccc(S(=O)(=O)c2nc3[nH]ccc3nc2C#N)c1. The van der Waals surface area contributed by atoms with Crippen molar-refractivity contribution in [1.82, 2.24) is 15.0 Å². The Balaban J connectivity index is 2.30. The molecule has 2 heterocycles. The first kappa shape index (κ1) is 13.3. The maximum atomic E-state index is 12.7. The Hall–Kier alpha value is -2.72. The second-order valence-electron chi connectivity index (χ2n) is 4.52. The van der Waals surface area contributed by atoms with Crippen molar-refractivity contribution < 1.29 is 8.42 Å². The quantitative estimate of drug-likeness (QED) is 0.779. The highest BCUT2D eigenvalue weighted by molar-refractivity contribution is 7.91. The van der Waals surface area contributed by atoms with E-state index in [1.807, 2.05) is 0 Å². The van der Waals surface area contributed by atoms with Gasteiger partial charge in [0.2, 0.25) is 9.84 Å². The van der Waals surface area contributed by atoms with Crippen molar-refractivity contribution in [3.63, 3.8) is 0 Å². The summed E-state index contributed by atoms with van der Waals surface area (Å²) >= 11 is 0. The number of aromatic nitrogens is 3. The fourth-order valence-electron chi connectivity index (χ4n) is 2.01. The number of hydrogen-bond acceptors (Lipinski definition) is 5. The summed E-state index contributed by atoms with van der Waals surface area (Å²) in [6.07, 6.45) is 1.59. The van der Waals surface area contributed by atoms with Crippen LogP contribution >= 0.6 is 0 Å². The van der Waals surface area contributed by atoms with E-state index in [4.69, 9.17) is 5.26 Å². The number of aryl methyl sites for hydroxylation is 1. The number of nitrogens with one attached hydrogen (secondary N) is 1. The summed E-state index contributed by atoms with van der Waals surface area (Å²) < 4.78 is 25.3. The van der Waals surface area contributed by atoms with Crippen LogP contribution in [0.2, 0.25) is 0 Å². The summed E-state index contributed by atoms with van der Waals surface area (Å²) in [5, 5.41) is 8.82. The molecule has 7 heteroatoms. The fraction of sp³-hybridized carbons (Fsp3) is 0.0714. The summed E-state index contributed by atoms with van der Waals surface area (Å²) in [5.41, 5.74) is 1.39. The topological polar surface area (TPSA) is 99.5 Å². The number of sulfone groups is 1. The van der Waals surface area contributed by atoms with Crippen LogP contribution < -0.4 is 0 Å². The van der Waals surface area contributed by atoms with Crippen LogP contribution in [0.25, 0.3) is 11.2 Å². The zero-order chi connectivity index (χ0) is 15.0. The van der Waals surface area contributed by atoms with Crippen LogP contribution in [0.15, 0.2) is 46.5 Å². The van der Waals surface area contributed by atoms with E-state index in [-0.39, 0.29) is 15.6 Å². The molecule has 1 aromatic carbocycles. The number of hydrogen-bond donors (Lipinski definition) is 1. The van der Waals surface area contributed by atoms with E-state index >= 15 is 0 Å². The van der Waals surface area contributed by atoms with Crippen LogP contribution in [0.5, 0.6) is 0 Å². The number of nitriles is 1. The second-order valence-corrected chi connectivity index (χ2v) is 6.39. The van der Waals surface area contributed by atoms with Gasteiger partial charge in [0.15, 0.2) is 16.4 Å². The number of nitrogens with zero attached hydrogens (tertiary/aromatic N) is 3. The van der Waals surface area contributed by atoms with Gasteiger partial charge in [-0.1, -0.05) is 12.1 Å². The Labute approximate surface area is 121 Å². The van der Waals surface area contributed by atoms with Crippen LogP contribution in [0.1, 0.15) is 11.3 Å². The van der Waals surface area contributed by atoms with E-state index in [0.717, 1.165) is 5.56 Å². The van der Waals surface area contributed by atoms with Crippen molar-refractivity contribution in [1.29, 1.82) is 5.26 Å². The summed E-state index contributed by atoms with van der Waals surface area (Å²) in [7, 11) is -3.89. The van der Waals surface area contributed by atoms with Gasteiger partial charge < -0.3 is 4.98 Å². The minimum atomic E-state index is -3.89. The van der Waals surface area contributed by atoms with Gasteiger partial charge in [0.1, 0.15) is 11.6 Å². The van der Waals surface area contributed by atoms with Gasteiger partial charge >= 0.3 is 0 Å². The van der Waals surface area contributed by atoms with E-state index in [2.05, 4.69) is 15.0 Å². The zero-order valence-corrected chi connectivity index (χ0v) is 11.8. The van der Waals surface area contributed by atoms with E-state index in [1.165, 1.54) is 12.1 Å². The maximum Gasteiger partial charge on any atom is 0.226 e. The molecule has 3 rings (SSSR count). The molecule has 6 nitrogen and oxygen atoms in total. The predicted octanol–water partition coefficient (Wildman–Crippen LogP) is 1.97. The highest BCUT2D eigenvalue weighted by Gasteiger charge is 2.25. The molecule has 0 amide bonds. The van der Waals surface area contributed by atoms with Crippen LogP contribution in [0.3, 0.4) is 0 Å². The number of benzene rings is 1. The molecule has 0 aliphatic rings. The van der Waals surface area contributed by atoms with Gasteiger partial charge in [0.25, 0.3) is 0 Å². The Kier molecular flexibility index (Phi) is 2.96. The number of fused-ring (bicyclic) bond motifs is 1. The molecule has 0 saturated carbocycles. The number of H-pyrrole nitrogens is 1. The Bertz CT molecular complexity index is 984. The molecule has 21 heavy (non-hydrogen) atoms. The van der Waals surface area contributed by atoms with E-state index in [0.29, 0.717) is 11.2 Å². The third kappa shape index (κ3) is 2.15. The predicted molar refractivity (Wildman–Crippen MR) is 75.2 cm³/mol. The van der Waals surface area contributed by atoms with E-state index in [9.17, 15) is 8.42 Å². The van der Waals surface area contributed by atoms with Crippen molar-refractivity contribution in [2.45, 2.75) is 16.8 Å². The van der Waals surface area contributed by atoms with Gasteiger partial charge in [0.05, 0.1) is 4.90 Å². The van der Waals surface area contributed by atoms with Crippen LogP contribution in [-0.2, 0) is 9.84 Å². The van der Waals surface area contributed by atoms with Crippen molar-refractivity contribution in [2.24, 2.45) is 0 Å². The molecule has 0 unspecified atom stereocenters. The van der Waals surface area contributed by atoms with Gasteiger partial charge in [-0.05, 0) is 30.7 Å². The zero-order valence-electron chi connectivity index (χ0n) is 11.0. The minimum absolute atomic E-state index is 0.0965. The van der Waals surface area contributed by atoms with Crippen LogP contribution in [0, 0.1) is 18.3 Å². The van der Waals surface area contributed by atoms with Gasteiger partial charge in [0, 0.05) is 6.20 Å². The summed E-state index contributed by atoms with van der Waals surface area (Å²) in [5.74, 6) is 0. The van der Waals surface area contributed by atoms with Gasteiger partial charge in [-0.15, -0.1) is 0 Å². The molecular weight excluding hydrogens is 288 g/mol. The summed E-state index contributed by atoms with van der Waals surface area (Å²) in [6.45, 7) is 1.80. The fourth-order valence-corrected chi connectivity index (χ4v) is 3.39. The van der Waals surface area contributed by atoms with Crippen molar-refractivity contribution in [3.8, 4) is 6.07 Å².